The van der Waals surface area contributed by atoms with Crippen molar-refractivity contribution in [3.05, 3.63) is 34.9 Å². The van der Waals surface area contributed by atoms with E-state index < -0.39 is 17.6 Å². The van der Waals surface area contributed by atoms with Crippen LogP contribution in [-0.2, 0) is 9.84 Å². The van der Waals surface area contributed by atoms with Crippen molar-refractivity contribution >= 4 is 60.0 Å². The zero-order valence-corrected chi connectivity index (χ0v) is 13.5. The molecule has 2 atom stereocenters. The fourth-order valence-electron chi connectivity index (χ4n) is 1.04. The van der Waals surface area contributed by atoms with Crippen molar-refractivity contribution in [2.24, 2.45) is 0 Å². The summed E-state index contributed by atoms with van der Waals surface area (Å²) in [6, 6.07) is 6.38. The Labute approximate surface area is 121 Å². The van der Waals surface area contributed by atoms with Gasteiger partial charge in [0.15, 0.2) is 9.84 Å². The standard InChI is InChI=1S/C9H9BrClIO3S/c1-16(14,15)9(10,12)8(13)6-2-4-7(11)5-3-6/h2-5,8,13H,1H3/t8-,9+/m0/s1. The van der Waals surface area contributed by atoms with E-state index in [2.05, 4.69) is 15.9 Å². The van der Waals surface area contributed by atoms with Crippen LogP contribution >= 0.6 is 50.1 Å². The summed E-state index contributed by atoms with van der Waals surface area (Å²) in [6.07, 6.45) is -0.104. The fraction of sp³-hybridized carbons (Fsp3) is 0.333. The van der Waals surface area contributed by atoms with Crippen molar-refractivity contribution < 1.29 is 13.5 Å². The van der Waals surface area contributed by atoms with Crippen LogP contribution in [0.1, 0.15) is 11.7 Å². The van der Waals surface area contributed by atoms with Crippen LogP contribution in [0.5, 0.6) is 0 Å². The van der Waals surface area contributed by atoms with Gasteiger partial charge in [-0.15, -0.1) is 0 Å². The summed E-state index contributed by atoms with van der Waals surface area (Å²) in [7, 11) is -3.44. The third kappa shape index (κ3) is 3.10. The van der Waals surface area contributed by atoms with Gasteiger partial charge in [-0.05, 0) is 40.3 Å². The molecule has 1 aromatic carbocycles. The lowest BCUT2D eigenvalue weighted by atomic mass is 10.1. The van der Waals surface area contributed by atoms with Crippen LogP contribution in [0.15, 0.2) is 24.3 Å². The molecule has 0 bridgehead atoms. The number of aliphatic hydroxyl groups is 1. The quantitative estimate of drug-likeness (QED) is 0.582. The van der Waals surface area contributed by atoms with E-state index in [-0.39, 0.29) is 0 Å². The summed E-state index contributed by atoms with van der Waals surface area (Å²) in [6.45, 7) is 0. The lowest BCUT2D eigenvalue weighted by Gasteiger charge is -2.25. The van der Waals surface area contributed by atoms with E-state index in [1.807, 2.05) is 0 Å². The maximum absolute atomic E-state index is 11.5. The van der Waals surface area contributed by atoms with Gasteiger partial charge >= 0.3 is 0 Å². The number of rotatable bonds is 3. The molecule has 0 aliphatic heterocycles. The summed E-state index contributed by atoms with van der Waals surface area (Å²) < 4.78 is 21.5. The SMILES string of the molecule is CS(=O)(=O)[C@](Br)(I)[C@@H](O)c1ccc(Cl)cc1. The second kappa shape index (κ2) is 5.09. The molecule has 90 valence electrons. The number of aliphatic hydroxyl groups excluding tert-OH is 1. The van der Waals surface area contributed by atoms with Crippen LogP contribution in [0.2, 0.25) is 5.02 Å². The normalized spacial score (nSPS) is 17.8. The molecule has 0 saturated carbocycles. The Bertz CT molecular complexity index is 472. The molecule has 0 aromatic heterocycles. The molecule has 7 heteroatoms. The molecule has 0 aliphatic rings. The Morgan fingerprint density at radius 2 is 1.88 bits per heavy atom. The van der Waals surface area contributed by atoms with Gasteiger partial charge in [0.05, 0.1) is 0 Å². The molecule has 1 aromatic rings. The maximum atomic E-state index is 11.5. The van der Waals surface area contributed by atoms with Crippen molar-refractivity contribution in [1.29, 1.82) is 0 Å². The third-order valence-electron chi connectivity index (χ3n) is 2.00. The Morgan fingerprint density at radius 3 is 2.25 bits per heavy atom. The van der Waals surface area contributed by atoms with E-state index in [1.54, 1.807) is 46.9 Å². The first kappa shape index (κ1) is 14.7. The summed E-state index contributed by atoms with van der Waals surface area (Å²) in [4.78, 5) is 0. The van der Waals surface area contributed by atoms with Crippen LogP contribution in [-0.4, -0.2) is 21.4 Å². The first-order valence-electron chi connectivity index (χ1n) is 4.17. The number of hydrogen-bond acceptors (Lipinski definition) is 3. The minimum atomic E-state index is -3.44. The summed E-state index contributed by atoms with van der Waals surface area (Å²) in [5.41, 5.74) is 0.487. The van der Waals surface area contributed by atoms with Gasteiger partial charge in [-0.25, -0.2) is 8.42 Å². The van der Waals surface area contributed by atoms with E-state index in [4.69, 9.17) is 11.6 Å². The average molecular weight is 439 g/mol. The number of alkyl halides is 2. The van der Waals surface area contributed by atoms with Gasteiger partial charge < -0.3 is 5.11 Å². The Morgan fingerprint density at radius 1 is 1.44 bits per heavy atom. The molecule has 3 nitrogen and oxygen atoms in total. The predicted octanol–water partition coefficient (Wildman–Crippen LogP) is 2.90. The number of hydrogen-bond donors (Lipinski definition) is 1. The molecule has 0 amide bonds. The van der Waals surface area contributed by atoms with E-state index in [0.717, 1.165) is 6.26 Å². The highest BCUT2D eigenvalue weighted by Crippen LogP contribution is 2.44. The van der Waals surface area contributed by atoms with E-state index in [0.29, 0.717) is 10.6 Å². The number of halogens is 3. The molecule has 1 N–H and O–H groups in total. The van der Waals surface area contributed by atoms with Gasteiger partial charge in [0.25, 0.3) is 0 Å². The lowest BCUT2D eigenvalue weighted by molar-refractivity contribution is 0.191. The van der Waals surface area contributed by atoms with Crippen molar-refractivity contribution in [3.63, 3.8) is 0 Å². The molecule has 0 saturated heterocycles. The average Bonchev–Trinajstić information content (AvgIpc) is 2.16. The third-order valence-corrected chi connectivity index (χ3v) is 8.65. The van der Waals surface area contributed by atoms with Gasteiger partial charge in [0.1, 0.15) is 6.10 Å². The van der Waals surface area contributed by atoms with Crippen LogP contribution < -0.4 is 0 Å². The van der Waals surface area contributed by atoms with Gasteiger partial charge in [0.2, 0.25) is 1.66 Å². The van der Waals surface area contributed by atoms with E-state index in [1.165, 1.54) is 0 Å². The van der Waals surface area contributed by atoms with Gasteiger partial charge in [-0.3, -0.25) is 0 Å². The molecule has 0 spiro atoms. The number of benzene rings is 1. The molecular weight excluding hydrogens is 430 g/mol. The van der Waals surface area contributed by atoms with Gasteiger partial charge in [0, 0.05) is 11.3 Å². The monoisotopic (exact) mass is 438 g/mol. The maximum Gasteiger partial charge on any atom is 0.206 e. The topological polar surface area (TPSA) is 54.4 Å². The highest BCUT2D eigenvalue weighted by molar-refractivity contribution is 14.1. The smallest absolute Gasteiger partial charge is 0.206 e. The molecule has 0 unspecified atom stereocenters. The fourth-order valence-corrected chi connectivity index (χ4v) is 2.33. The highest BCUT2D eigenvalue weighted by Gasteiger charge is 2.43. The molecule has 0 heterocycles. The molecule has 0 fully saturated rings. The predicted molar refractivity (Wildman–Crippen MR) is 76.9 cm³/mol. The van der Waals surface area contributed by atoms with E-state index >= 15 is 0 Å². The first-order valence-corrected chi connectivity index (χ1v) is 8.31. The van der Waals surface area contributed by atoms with Crippen molar-refractivity contribution in [2.45, 2.75) is 7.77 Å². The molecule has 0 radical (unpaired) electrons. The second-order valence-electron chi connectivity index (χ2n) is 3.29. The zero-order chi connectivity index (χ0) is 12.6. The Balaban J connectivity index is 3.12. The van der Waals surface area contributed by atoms with Crippen LogP contribution in [0, 0.1) is 0 Å². The molecule has 1 rings (SSSR count). The molecular formula is C9H9BrClIO3S. The molecule has 0 aliphatic carbocycles. The zero-order valence-electron chi connectivity index (χ0n) is 8.19. The summed E-state index contributed by atoms with van der Waals surface area (Å²) in [5.74, 6) is 0. The first-order chi connectivity index (χ1) is 7.16. The van der Waals surface area contributed by atoms with Crippen molar-refractivity contribution in [1.82, 2.24) is 0 Å². The van der Waals surface area contributed by atoms with Crippen molar-refractivity contribution in [2.75, 3.05) is 6.26 Å². The van der Waals surface area contributed by atoms with Crippen LogP contribution in [0.4, 0.5) is 0 Å². The Hall–Kier alpha value is 0.630. The second-order valence-corrected chi connectivity index (χ2v) is 11.6. The molecule has 16 heavy (non-hydrogen) atoms. The highest BCUT2D eigenvalue weighted by atomic mass is 127. The van der Waals surface area contributed by atoms with Crippen LogP contribution in [0.3, 0.4) is 0 Å². The Kier molecular flexibility index (Phi) is 4.68. The minimum Gasteiger partial charge on any atom is -0.385 e. The van der Waals surface area contributed by atoms with Gasteiger partial charge in [-0.2, -0.15) is 0 Å². The van der Waals surface area contributed by atoms with E-state index in [9.17, 15) is 13.5 Å². The number of sulfone groups is 1. The summed E-state index contributed by atoms with van der Waals surface area (Å²) in [5, 5.41) is 10.5. The minimum absolute atomic E-state index is 0.487. The summed E-state index contributed by atoms with van der Waals surface area (Å²) >= 11 is 10.4. The van der Waals surface area contributed by atoms with Gasteiger partial charge in [-0.1, -0.05) is 39.7 Å². The largest absolute Gasteiger partial charge is 0.385 e. The van der Waals surface area contributed by atoms with Crippen LogP contribution in [0.25, 0.3) is 0 Å². The van der Waals surface area contributed by atoms with Crippen molar-refractivity contribution in [3.8, 4) is 0 Å². The lowest BCUT2D eigenvalue weighted by Crippen LogP contribution is -2.31.